The molecule has 5 nitrogen and oxygen atoms in total. The molecular weight excluding hydrogens is 240 g/mol. The number of aromatic nitrogens is 2. The minimum atomic E-state index is -0.240. The number of nitrogens with one attached hydrogen (secondary N) is 1. The summed E-state index contributed by atoms with van der Waals surface area (Å²) < 4.78 is 0. The summed E-state index contributed by atoms with van der Waals surface area (Å²) in [6.45, 7) is 7.71. The lowest BCUT2D eigenvalue weighted by molar-refractivity contribution is 0.227. The monoisotopic (exact) mass is 256 g/mol. The van der Waals surface area contributed by atoms with E-state index in [2.05, 4.69) is 21.9 Å². The van der Waals surface area contributed by atoms with Gasteiger partial charge in [0.2, 0.25) is 0 Å². The van der Waals surface area contributed by atoms with E-state index in [9.17, 15) is 4.79 Å². The van der Waals surface area contributed by atoms with Crippen LogP contribution < -0.4 is 5.32 Å². The Morgan fingerprint density at radius 3 is 2.74 bits per heavy atom. The van der Waals surface area contributed by atoms with Crippen LogP contribution in [0.4, 0.5) is 4.79 Å². The van der Waals surface area contributed by atoms with Crippen molar-refractivity contribution in [3.63, 3.8) is 0 Å². The Morgan fingerprint density at radius 2 is 2.11 bits per heavy atom. The topological polar surface area (TPSA) is 58.1 Å². The smallest absolute Gasteiger partial charge is 0.325 e. The van der Waals surface area contributed by atoms with E-state index in [0.29, 0.717) is 11.5 Å². The van der Waals surface area contributed by atoms with Crippen LogP contribution in [0.2, 0.25) is 0 Å². The normalized spacial score (nSPS) is 14.4. The maximum absolute atomic E-state index is 11.7. The first-order valence-corrected chi connectivity index (χ1v) is 5.93. The number of nitrogens with zero attached hydrogens (tertiary/aromatic N) is 3. The van der Waals surface area contributed by atoms with E-state index in [1.807, 2.05) is 19.9 Å². The molecule has 2 heterocycles. The fourth-order valence-electron chi connectivity index (χ4n) is 1.64. The Bertz CT molecular complexity index is 601. The summed E-state index contributed by atoms with van der Waals surface area (Å²) in [4.78, 5) is 21.9. The third-order valence-electron chi connectivity index (χ3n) is 2.95. The van der Waals surface area contributed by atoms with E-state index in [0.717, 1.165) is 16.8 Å². The van der Waals surface area contributed by atoms with E-state index in [1.165, 1.54) is 4.90 Å². The molecule has 1 N–H and O–H groups in total. The average Bonchev–Trinajstić information content (AvgIpc) is 2.41. The molecule has 0 fully saturated rings. The quantitative estimate of drug-likeness (QED) is 0.837. The van der Waals surface area contributed by atoms with Gasteiger partial charge in [0.1, 0.15) is 0 Å². The molecular formula is C14H16N4O. The fraction of sp³-hybridized carbons (Fsp3) is 0.214. The summed E-state index contributed by atoms with van der Waals surface area (Å²) in [7, 11) is 1.58. The van der Waals surface area contributed by atoms with Crippen LogP contribution in [-0.4, -0.2) is 27.9 Å². The standard InChI is InChI=1S/C14H16N4O/c1-9-7-16-13(17-11(9)3)12-6-5-10(2)18(8-12)14(19)15-4/h5-8H,2H2,1,3-4H3,(H,15,19). The maximum atomic E-state index is 11.7. The van der Waals surface area contributed by atoms with Crippen molar-refractivity contribution in [1.82, 2.24) is 20.2 Å². The van der Waals surface area contributed by atoms with Crippen LogP contribution in [0, 0.1) is 13.8 Å². The zero-order valence-electron chi connectivity index (χ0n) is 11.3. The second kappa shape index (κ2) is 5.06. The predicted octanol–water partition coefficient (Wildman–Crippen LogP) is 2.16. The number of urea groups is 1. The summed E-state index contributed by atoms with van der Waals surface area (Å²) in [5.41, 5.74) is 3.35. The number of aryl methyl sites for hydroxylation is 2. The molecule has 98 valence electrons. The number of hydrogen-bond donors (Lipinski definition) is 1. The SMILES string of the molecule is C=C1C=CC(c2ncc(C)c(C)n2)=CN1C(=O)NC. The van der Waals surface area contributed by atoms with E-state index in [1.54, 1.807) is 25.5 Å². The molecule has 19 heavy (non-hydrogen) atoms. The first-order valence-electron chi connectivity index (χ1n) is 5.93. The van der Waals surface area contributed by atoms with Gasteiger partial charge in [-0.3, -0.25) is 4.90 Å². The number of allylic oxidation sites excluding steroid dienone is 3. The Labute approximate surface area is 112 Å². The lowest BCUT2D eigenvalue weighted by atomic mass is 10.1. The first-order chi connectivity index (χ1) is 9.02. The average molecular weight is 256 g/mol. The van der Waals surface area contributed by atoms with Crippen molar-refractivity contribution in [2.75, 3.05) is 7.05 Å². The van der Waals surface area contributed by atoms with Gasteiger partial charge >= 0.3 is 6.03 Å². The Balaban J connectivity index is 2.39. The maximum Gasteiger partial charge on any atom is 0.325 e. The van der Waals surface area contributed by atoms with Crippen molar-refractivity contribution in [2.45, 2.75) is 13.8 Å². The molecule has 0 bridgehead atoms. The minimum Gasteiger partial charge on any atom is -0.340 e. The van der Waals surface area contributed by atoms with Crippen LogP contribution >= 0.6 is 0 Å². The number of carbonyl (C=O) groups is 1. The second-order valence-electron chi connectivity index (χ2n) is 4.30. The molecule has 1 aliphatic rings. The van der Waals surface area contributed by atoms with Gasteiger partial charge in [-0.1, -0.05) is 6.58 Å². The molecule has 0 saturated carbocycles. The summed E-state index contributed by atoms with van der Waals surface area (Å²) >= 11 is 0. The molecule has 2 rings (SSSR count). The molecule has 0 saturated heterocycles. The van der Waals surface area contributed by atoms with Gasteiger partial charge in [0.05, 0.1) is 0 Å². The van der Waals surface area contributed by atoms with Crippen molar-refractivity contribution in [3.05, 3.63) is 53.9 Å². The molecule has 0 aliphatic carbocycles. The highest BCUT2D eigenvalue weighted by Crippen LogP contribution is 2.21. The van der Waals surface area contributed by atoms with Gasteiger partial charge in [-0.2, -0.15) is 0 Å². The van der Waals surface area contributed by atoms with Crippen molar-refractivity contribution < 1.29 is 4.79 Å². The van der Waals surface area contributed by atoms with Crippen molar-refractivity contribution in [2.24, 2.45) is 0 Å². The van der Waals surface area contributed by atoms with E-state index < -0.39 is 0 Å². The van der Waals surface area contributed by atoms with Crippen molar-refractivity contribution in [1.29, 1.82) is 0 Å². The lowest BCUT2D eigenvalue weighted by Crippen LogP contribution is -2.33. The van der Waals surface area contributed by atoms with Gasteiger partial charge in [-0.15, -0.1) is 0 Å². The summed E-state index contributed by atoms with van der Waals surface area (Å²) in [5, 5.41) is 2.56. The third-order valence-corrected chi connectivity index (χ3v) is 2.95. The largest absolute Gasteiger partial charge is 0.340 e. The minimum absolute atomic E-state index is 0.240. The number of amides is 2. The van der Waals surface area contributed by atoms with Gasteiger partial charge in [-0.25, -0.2) is 14.8 Å². The van der Waals surface area contributed by atoms with Crippen molar-refractivity contribution in [3.8, 4) is 0 Å². The zero-order valence-corrected chi connectivity index (χ0v) is 11.3. The second-order valence-corrected chi connectivity index (χ2v) is 4.30. The number of hydrogen-bond acceptors (Lipinski definition) is 3. The highest BCUT2D eigenvalue weighted by atomic mass is 16.2. The molecule has 5 heteroatoms. The first kappa shape index (κ1) is 13.0. The molecule has 0 aromatic carbocycles. The van der Waals surface area contributed by atoms with Gasteiger partial charge in [-0.05, 0) is 31.6 Å². The van der Waals surface area contributed by atoms with Crippen LogP contribution in [-0.2, 0) is 0 Å². The van der Waals surface area contributed by atoms with Crippen molar-refractivity contribution >= 4 is 11.6 Å². The van der Waals surface area contributed by atoms with Gasteiger partial charge in [0, 0.05) is 36.4 Å². The van der Waals surface area contributed by atoms with Crippen LogP contribution in [0.1, 0.15) is 17.1 Å². The molecule has 0 unspecified atom stereocenters. The van der Waals surface area contributed by atoms with Crippen LogP contribution in [0.15, 0.2) is 36.8 Å². The van der Waals surface area contributed by atoms with Crippen LogP contribution in [0.3, 0.4) is 0 Å². The molecule has 1 aromatic heterocycles. The molecule has 0 spiro atoms. The predicted molar refractivity (Wildman–Crippen MR) is 74.1 cm³/mol. The zero-order chi connectivity index (χ0) is 14.0. The van der Waals surface area contributed by atoms with E-state index in [4.69, 9.17) is 0 Å². The Morgan fingerprint density at radius 1 is 1.37 bits per heavy atom. The fourth-order valence-corrected chi connectivity index (χ4v) is 1.64. The lowest BCUT2D eigenvalue weighted by Gasteiger charge is -2.22. The highest BCUT2D eigenvalue weighted by molar-refractivity contribution is 5.83. The van der Waals surface area contributed by atoms with Gasteiger partial charge < -0.3 is 5.32 Å². The van der Waals surface area contributed by atoms with Gasteiger partial charge in [0.25, 0.3) is 0 Å². The number of rotatable bonds is 1. The molecule has 1 aromatic rings. The number of carbonyl (C=O) groups excluding carboxylic acids is 1. The third kappa shape index (κ3) is 2.54. The van der Waals surface area contributed by atoms with Crippen LogP contribution in [0.5, 0.6) is 0 Å². The van der Waals surface area contributed by atoms with Gasteiger partial charge in [0.15, 0.2) is 5.82 Å². The Hall–Kier alpha value is -2.43. The van der Waals surface area contributed by atoms with E-state index >= 15 is 0 Å². The van der Waals surface area contributed by atoms with E-state index in [-0.39, 0.29) is 6.03 Å². The molecule has 1 aliphatic heterocycles. The summed E-state index contributed by atoms with van der Waals surface area (Å²) in [6, 6.07) is -0.240. The Kier molecular flexibility index (Phi) is 3.46. The molecule has 2 amide bonds. The van der Waals surface area contributed by atoms with Crippen LogP contribution in [0.25, 0.3) is 5.57 Å². The summed E-state index contributed by atoms with van der Waals surface area (Å²) in [5.74, 6) is 0.598. The summed E-state index contributed by atoms with van der Waals surface area (Å²) in [6.07, 6.45) is 7.08. The molecule has 0 atom stereocenters. The highest BCUT2D eigenvalue weighted by Gasteiger charge is 2.17. The molecule has 0 radical (unpaired) electrons.